The third-order valence-electron chi connectivity index (χ3n) is 4.07. The Morgan fingerprint density at radius 2 is 2.08 bits per heavy atom. The Labute approximate surface area is 177 Å². The number of rotatable bonds is 8. The zero-order valence-corrected chi connectivity index (χ0v) is 19.5. The number of guanidine groups is 1. The number of hydrogen-bond donors (Lipinski definition) is 2. The summed E-state index contributed by atoms with van der Waals surface area (Å²) >= 11 is 1.86. The predicted octanol–water partition coefficient (Wildman–Crippen LogP) is 3.58. The Bertz CT molecular complexity index is 694. The third-order valence-corrected chi connectivity index (χ3v) is 5.09. The normalized spacial score (nSPS) is 12.6. The highest BCUT2D eigenvalue weighted by Gasteiger charge is 2.09. The van der Waals surface area contributed by atoms with Crippen LogP contribution < -0.4 is 10.6 Å². The van der Waals surface area contributed by atoms with Gasteiger partial charge in [-0.3, -0.25) is 0 Å². The van der Waals surface area contributed by atoms with Crippen LogP contribution in [0.15, 0.2) is 17.1 Å². The molecule has 6 nitrogen and oxygen atoms in total. The van der Waals surface area contributed by atoms with Crippen molar-refractivity contribution in [3.05, 3.63) is 33.5 Å². The first-order valence-corrected chi connectivity index (χ1v) is 9.76. The number of halogens is 1. The lowest BCUT2D eigenvalue weighted by atomic mass is 10.2. The minimum atomic E-state index is 0. The zero-order chi connectivity index (χ0) is 18.2. The number of unbranched alkanes of at least 4 members (excludes halogenated alkanes) is 1. The second kappa shape index (κ2) is 11.5. The Morgan fingerprint density at radius 3 is 2.65 bits per heavy atom. The van der Waals surface area contributed by atoms with Crippen molar-refractivity contribution in [1.82, 2.24) is 25.4 Å². The van der Waals surface area contributed by atoms with Crippen molar-refractivity contribution in [3.8, 4) is 0 Å². The van der Waals surface area contributed by atoms with Crippen molar-refractivity contribution >= 4 is 41.3 Å². The Balaban J connectivity index is 0.00000338. The molecule has 1 unspecified atom stereocenters. The van der Waals surface area contributed by atoms with Gasteiger partial charge in [0.15, 0.2) is 11.8 Å². The summed E-state index contributed by atoms with van der Waals surface area (Å²) in [5.41, 5.74) is 0. The Kier molecular flexibility index (Phi) is 10.1. The van der Waals surface area contributed by atoms with Crippen molar-refractivity contribution in [1.29, 1.82) is 0 Å². The van der Waals surface area contributed by atoms with Crippen LogP contribution >= 0.6 is 35.3 Å². The second-order valence-corrected chi connectivity index (χ2v) is 7.80. The van der Waals surface area contributed by atoms with Crippen LogP contribution in [0, 0.1) is 13.8 Å². The number of nitrogens with zero attached hydrogens (tertiary/aromatic N) is 4. The fraction of sp³-hybridized carbons (Fsp3) is 0.611. The van der Waals surface area contributed by atoms with Gasteiger partial charge in [0.05, 0.1) is 0 Å². The summed E-state index contributed by atoms with van der Waals surface area (Å²) in [4.78, 5) is 7.46. The molecule has 0 aliphatic heterocycles. The summed E-state index contributed by atoms with van der Waals surface area (Å²) < 4.78 is 1.98. The lowest BCUT2D eigenvalue weighted by molar-refractivity contribution is 0.633. The zero-order valence-electron chi connectivity index (χ0n) is 16.4. The Morgan fingerprint density at radius 1 is 1.31 bits per heavy atom. The van der Waals surface area contributed by atoms with Crippen molar-refractivity contribution in [2.45, 2.75) is 59.5 Å². The molecule has 0 saturated heterocycles. The van der Waals surface area contributed by atoms with E-state index in [1.165, 1.54) is 9.75 Å². The summed E-state index contributed by atoms with van der Waals surface area (Å²) in [6.45, 7) is 9.92. The molecule has 2 rings (SSSR count). The number of hydrogen-bond acceptors (Lipinski definition) is 4. The van der Waals surface area contributed by atoms with Gasteiger partial charge in [0.25, 0.3) is 0 Å². The van der Waals surface area contributed by atoms with Gasteiger partial charge in [0.2, 0.25) is 0 Å². The Hall–Kier alpha value is -1.16. The number of thiophene rings is 1. The second-order valence-electron chi connectivity index (χ2n) is 6.43. The molecule has 0 spiro atoms. The minimum absolute atomic E-state index is 0. The van der Waals surface area contributed by atoms with Crippen LogP contribution in [0.5, 0.6) is 0 Å². The molecule has 146 valence electrons. The van der Waals surface area contributed by atoms with Crippen LogP contribution in [-0.4, -0.2) is 33.3 Å². The lowest BCUT2D eigenvalue weighted by Gasteiger charge is -2.18. The van der Waals surface area contributed by atoms with Gasteiger partial charge < -0.3 is 15.2 Å². The molecule has 0 bridgehead atoms. The smallest absolute Gasteiger partial charge is 0.191 e. The molecule has 2 aromatic rings. The van der Waals surface area contributed by atoms with E-state index in [0.29, 0.717) is 12.6 Å². The van der Waals surface area contributed by atoms with E-state index in [0.717, 1.165) is 43.4 Å². The maximum absolute atomic E-state index is 4.70. The summed E-state index contributed by atoms with van der Waals surface area (Å²) in [6, 6.07) is 4.70. The highest BCUT2D eigenvalue weighted by molar-refractivity contribution is 14.0. The van der Waals surface area contributed by atoms with Gasteiger partial charge in [-0.2, -0.15) is 0 Å². The maximum atomic E-state index is 4.70. The van der Waals surface area contributed by atoms with Gasteiger partial charge in [0, 0.05) is 35.8 Å². The van der Waals surface area contributed by atoms with E-state index in [2.05, 4.69) is 53.7 Å². The first kappa shape index (κ1) is 22.9. The van der Waals surface area contributed by atoms with Crippen LogP contribution in [0.3, 0.4) is 0 Å². The monoisotopic (exact) mass is 490 g/mol. The summed E-state index contributed by atoms with van der Waals surface area (Å²) in [7, 11) is 1.97. The quantitative estimate of drug-likeness (QED) is 0.257. The SMILES string of the molecule is CCCCNC(=NCc1nnc(C)n1C)NC(C)Cc1ccc(C)s1.I. The van der Waals surface area contributed by atoms with Crippen LogP contribution in [0.1, 0.15) is 48.1 Å². The van der Waals surface area contributed by atoms with E-state index in [-0.39, 0.29) is 24.0 Å². The molecule has 0 radical (unpaired) electrons. The van der Waals surface area contributed by atoms with Crippen LogP contribution in [0.2, 0.25) is 0 Å². The highest BCUT2D eigenvalue weighted by atomic mass is 127. The highest BCUT2D eigenvalue weighted by Crippen LogP contribution is 2.16. The van der Waals surface area contributed by atoms with Crippen LogP contribution in [0.25, 0.3) is 0 Å². The maximum Gasteiger partial charge on any atom is 0.191 e. The molecule has 0 aliphatic carbocycles. The van der Waals surface area contributed by atoms with Gasteiger partial charge in [-0.1, -0.05) is 13.3 Å². The molecule has 0 amide bonds. The van der Waals surface area contributed by atoms with Gasteiger partial charge in [-0.25, -0.2) is 4.99 Å². The minimum Gasteiger partial charge on any atom is -0.356 e. The van der Waals surface area contributed by atoms with E-state index >= 15 is 0 Å². The number of aromatic nitrogens is 3. The van der Waals surface area contributed by atoms with E-state index in [1.54, 1.807) is 0 Å². The molecule has 0 aromatic carbocycles. The average Bonchev–Trinajstić information content (AvgIpc) is 3.11. The number of nitrogens with one attached hydrogen (secondary N) is 2. The standard InChI is InChI=1S/C18H30N6S.HI/c1-6-7-10-19-18(20-12-17-23-22-15(4)24(17)5)21-13(2)11-16-9-8-14(3)25-16;/h8-9,13H,6-7,10-12H2,1-5H3,(H2,19,20,21);1H. The first-order valence-electron chi connectivity index (χ1n) is 8.94. The fourth-order valence-corrected chi connectivity index (χ4v) is 3.47. The van der Waals surface area contributed by atoms with E-state index < -0.39 is 0 Å². The average molecular weight is 490 g/mol. The predicted molar refractivity (Wildman–Crippen MR) is 121 cm³/mol. The third kappa shape index (κ3) is 7.22. The molecule has 2 aromatic heterocycles. The van der Waals surface area contributed by atoms with Crippen molar-refractivity contribution in [2.24, 2.45) is 12.0 Å². The van der Waals surface area contributed by atoms with Gasteiger partial charge in [-0.15, -0.1) is 45.5 Å². The molecule has 0 fully saturated rings. The number of aryl methyl sites for hydroxylation is 2. The summed E-state index contributed by atoms with van der Waals surface area (Å²) in [5.74, 6) is 2.62. The van der Waals surface area contributed by atoms with Crippen molar-refractivity contribution in [2.75, 3.05) is 6.54 Å². The molecule has 1 atom stereocenters. The molecular formula is C18H31IN6S. The van der Waals surface area contributed by atoms with Crippen molar-refractivity contribution < 1.29 is 0 Å². The molecule has 2 N–H and O–H groups in total. The van der Waals surface area contributed by atoms with Gasteiger partial charge >= 0.3 is 0 Å². The number of aliphatic imine (C=N–C) groups is 1. The molecule has 8 heteroatoms. The van der Waals surface area contributed by atoms with Crippen LogP contribution in [-0.2, 0) is 20.0 Å². The topological polar surface area (TPSA) is 67.1 Å². The van der Waals surface area contributed by atoms with Crippen LogP contribution in [0.4, 0.5) is 0 Å². The van der Waals surface area contributed by atoms with Gasteiger partial charge in [-0.05, 0) is 39.3 Å². The molecule has 0 aliphatic rings. The van der Waals surface area contributed by atoms with Gasteiger partial charge in [0.1, 0.15) is 12.4 Å². The molecule has 0 saturated carbocycles. The molecular weight excluding hydrogens is 459 g/mol. The molecule has 26 heavy (non-hydrogen) atoms. The molecule has 2 heterocycles. The summed E-state index contributed by atoms with van der Waals surface area (Å²) in [5, 5.41) is 15.2. The fourth-order valence-electron chi connectivity index (χ4n) is 2.46. The summed E-state index contributed by atoms with van der Waals surface area (Å²) in [6.07, 6.45) is 3.28. The first-order chi connectivity index (χ1) is 12.0. The van der Waals surface area contributed by atoms with E-state index in [9.17, 15) is 0 Å². The van der Waals surface area contributed by atoms with E-state index in [1.807, 2.05) is 29.9 Å². The lowest BCUT2D eigenvalue weighted by Crippen LogP contribution is -2.43. The van der Waals surface area contributed by atoms with E-state index in [4.69, 9.17) is 4.99 Å². The van der Waals surface area contributed by atoms with Crippen molar-refractivity contribution in [3.63, 3.8) is 0 Å². The largest absolute Gasteiger partial charge is 0.356 e.